The molecule has 0 saturated heterocycles. The van der Waals surface area contributed by atoms with Gasteiger partial charge in [0.2, 0.25) is 0 Å². The van der Waals surface area contributed by atoms with Gasteiger partial charge in [0.1, 0.15) is 0 Å². The third-order valence-corrected chi connectivity index (χ3v) is 2.22. The fraction of sp³-hybridized carbons (Fsp3) is 1.00. The van der Waals surface area contributed by atoms with Crippen LogP contribution in [0.15, 0.2) is 0 Å². The highest BCUT2D eigenvalue weighted by Crippen LogP contribution is 2.03. The van der Waals surface area contributed by atoms with E-state index in [0.29, 0.717) is 12.1 Å². The summed E-state index contributed by atoms with van der Waals surface area (Å²) < 4.78 is 0. The minimum atomic E-state index is 0.625. The van der Waals surface area contributed by atoms with Gasteiger partial charge in [-0.2, -0.15) is 0 Å². The first-order valence-electron chi connectivity index (χ1n) is 7.00. The summed E-state index contributed by atoms with van der Waals surface area (Å²) in [4.78, 5) is 0. The zero-order valence-electron chi connectivity index (χ0n) is 12.2. The minimum absolute atomic E-state index is 0.625. The van der Waals surface area contributed by atoms with Gasteiger partial charge in [0.05, 0.1) is 0 Å². The smallest absolute Gasteiger partial charge is 0.00127 e. The Morgan fingerprint density at radius 3 is 1.56 bits per heavy atom. The minimum Gasteiger partial charge on any atom is -0.330 e. The summed E-state index contributed by atoms with van der Waals surface area (Å²) in [6.07, 6.45) is 8.05. The standard InChI is InChI=1S/C8H19N.C6H15N/c1-2-3-4-5-6-7-8-9;1-5(2)7-6(3)4/h2-9H2,1H3;5-7H,1-4H3. The Bertz CT molecular complexity index is 99.3. The summed E-state index contributed by atoms with van der Waals surface area (Å²) in [5.74, 6) is 0. The van der Waals surface area contributed by atoms with E-state index in [-0.39, 0.29) is 0 Å². The molecule has 3 N–H and O–H groups in total. The molecule has 0 aromatic heterocycles. The van der Waals surface area contributed by atoms with Crippen molar-refractivity contribution in [2.24, 2.45) is 5.73 Å². The highest BCUT2D eigenvalue weighted by Gasteiger charge is 1.92. The lowest BCUT2D eigenvalue weighted by atomic mass is 10.1. The number of rotatable bonds is 8. The highest BCUT2D eigenvalue weighted by atomic mass is 14.9. The van der Waals surface area contributed by atoms with Crippen LogP contribution in [0.4, 0.5) is 0 Å². The molecule has 0 radical (unpaired) electrons. The Hall–Kier alpha value is -0.0800. The Kier molecular flexibility index (Phi) is 17.1. The molecule has 0 atom stereocenters. The van der Waals surface area contributed by atoms with Gasteiger partial charge >= 0.3 is 0 Å². The van der Waals surface area contributed by atoms with Crippen LogP contribution in [-0.2, 0) is 0 Å². The van der Waals surface area contributed by atoms with Gasteiger partial charge < -0.3 is 11.1 Å². The van der Waals surface area contributed by atoms with Gasteiger partial charge in [-0.1, -0.05) is 66.7 Å². The summed E-state index contributed by atoms with van der Waals surface area (Å²) in [6.45, 7) is 11.7. The molecular formula is C14H34N2. The molecule has 0 aliphatic carbocycles. The molecule has 0 bridgehead atoms. The third kappa shape index (κ3) is 23.6. The van der Waals surface area contributed by atoms with Crippen molar-refractivity contribution in [1.29, 1.82) is 0 Å². The van der Waals surface area contributed by atoms with E-state index >= 15 is 0 Å². The van der Waals surface area contributed by atoms with Crippen LogP contribution < -0.4 is 11.1 Å². The van der Waals surface area contributed by atoms with Gasteiger partial charge in [-0.3, -0.25) is 0 Å². The largest absolute Gasteiger partial charge is 0.330 e. The second kappa shape index (κ2) is 14.9. The zero-order valence-corrected chi connectivity index (χ0v) is 12.2. The first kappa shape index (κ1) is 18.3. The van der Waals surface area contributed by atoms with Crippen LogP contribution in [0.5, 0.6) is 0 Å². The van der Waals surface area contributed by atoms with E-state index in [0.717, 1.165) is 6.54 Å². The summed E-state index contributed by atoms with van der Waals surface area (Å²) >= 11 is 0. The molecule has 0 amide bonds. The quantitative estimate of drug-likeness (QED) is 0.624. The molecule has 0 spiro atoms. The topological polar surface area (TPSA) is 38.0 Å². The van der Waals surface area contributed by atoms with E-state index in [2.05, 4.69) is 39.9 Å². The molecule has 0 aliphatic heterocycles. The van der Waals surface area contributed by atoms with Crippen molar-refractivity contribution in [3.05, 3.63) is 0 Å². The first-order chi connectivity index (χ1) is 7.54. The van der Waals surface area contributed by atoms with E-state index < -0.39 is 0 Å². The van der Waals surface area contributed by atoms with Crippen LogP contribution in [-0.4, -0.2) is 18.6 Å². The van der Waals surface area contributed by atoms with Crippen molar-refractivity contribution >= 4 is 0 Å². The maximum Gasteiger partial charge on any atom is 0.00127 e. The maximum atomic E-state index is 5.34. The molecular weight excluding hydrogens is 196 g/mol. The van der Waals surface area contributed by atoms with E-state index in [1.54, 1.807) is 0 Å². The molecule has 2 heteroatoms. The van der Waals surface area contributed by atoms with Crippen LogP contribution in [0.1, 0.15) is 73.1 Å². The Balaban J connectivity index is 0. The van der Waals surface area contributed by atoms with Crippen molar-refractivity contribution in [3.63, 3.8) is 0 Å². The normalized spacial score (nSPS) is 10.5. The van der Waals surface area contributed by atoms with Crippen LogP contribution in [0.2, 0.25) is 0 Å². The van der Waals surface area contributed by atoms with Crippen molar-refractivity contribution in [1.82, 2.24) is 5.32 Å². The van der Waals surface area contributed by atoms with Crippen LogP contribution in [0, 0.1) is 0 Å². The van der Waals surface area contributed by atoms with Gasteiger partial charge in [0.25, 0.3) is 0 Å². The first-order valence-corrected chi connectivity index (χ1v) is 7.00. The van der Waals surface area contributed by atoms with Gasteiger partial charge in [0.15, 0.2) is 0 Å². The van der Waals surface area contributed by atoms with Gasteiger partial charge in [0, 0.05) is 12.1 Å². The van der Waals surface area contributed by atoms with Gasteiger partial charge in [-0.25, -0.2) is 0 Å². The Morgan fingerprint density at radius 1 is 0.812 bits per heavy atom. The van der Waals surface area contributed by atoms with E-state index in [1.807, 2.05) is 0 Å². The van der Waals surface area contributed by atoms with Crippen molar-refractivity contribution < 1.29 is 0 Å². The Morgan fingerprint density at radius 2 is 1.25 bits per heavy atom. The SMILES string of the molecule is CC(C)NC(C)C.CCCCCCCCN. The average molecular weight is 230 g/mol. The fourth-order valence-corrected chi connectivity index (χ4v) is 1.59. The Labute approximate surface area is 103 Å². The summed E-state index contributed by atoms with van der Waals surface area (Å²) in [5.41, 5.74) is 5.34. The molecule has 0 fully saturated rings. The fourth-order valence-electron chi connectivity index (χ4n) is 1.59. The predicted octanol–water partition coefficient (Wildman–Crippen LogP) is 3.70. The number of unbranched alkanes of at least 4 members (excludes halogenated alkanes) is 5. The van der Waals surface area contributed by atoms with Crippen molar-refractivity contribution in [2.45, 2.75) is 85.2 Å². The second-order valence-electron chi connectivity index (χ2n) is 5.03. The molecule has 0 aliphatic rings. The summed E-state index contributed by atoms with van der Waals surface area (Å²) in [6, 6.07) is 1.25. The second-order valence-corrected chi connectivity index (χ2v) is 5.03. The molecule has 2 nitrogen and oxygen atoms in total. The molecule has 100 valence electrons. The summed E-state index contributed by atoms with van der Waals surface area (Å²) in [7, 11) is 0. The lowest BCUT2D eigenvalue weighted by Gasteiger charge is -2.10. The summed E-state index contributed by atoms with van der Waals surface area (Å²) in [5, 5.41) is 3.31. The number of nitrogens with two attached hydrogens (primary N) is 1. The van der Waals surface area contributed by atoms with E-state index in [1.165, 1.54) is 38.5 Å². The van der Waals surface area contributed by atoms with Crippen LogP contribution in [0.3, 0.4) is 0 Å². The van der Waals surface area contributed by atoms with Crippen LogP contribution in [0.25, 0.3) is 0 Å². The molecule has 0 saturated carbocycles. The van der Waals surface area contributed by atoms with Crippen molar-refractivity contribution in [2.75, 3.05) is 6.54 Å². The number of hydrogen-bond donors (Lipinski definition) is 2. The predicted molar refractivity (Wildman–Crippen MR) is 75.8 cm³/mol. The molecule has 0 unspecified atom stereocenters. The maximum absolute atomic E-state index is 5.34. The zero-order chi connectivity index (χ0) is 12.8. The number of hydrogen-bond acceptors (Lipinski definition) is 2. The molecule has 0 rings (SSSR count). The molecule has 0 heterocycles. The average Bonchev–Trinajstić information content (AvgIpc) is 2.16. The number of nitrogens with one attached hydrogen (secondary N) is 1. The molecule has 0 aromatic rings. The van der Waals surface area contributed by atoms with E-state index in [4.69, 9.17) is 5.73 Å². The monoisotopic (exact) mass is 230 g/mol. The van der Waals surface area contributed by atoms with Gasteiger partial charge in [-0.05, 0) is 13.0 Å². The van der Waals surface area contributed by atoms with Crippen molar-refractivity contribution in [3.8, 4) is 0 Å². The third-order valence-electron chi connectivity index (χ3n) is 2.22. The van der Waals surface area contributed by atoms with Crippen LogP contribution >= 0.6 is 0 Å². The lowest BCUT2D eigenvalue weighted by molar-refractivity contribution is 0.518. The lowest BCUT2D eigenvalue weighted by Crippen LogP contribution is -2.29. The molecule has 16 heavy (non-hydrogen) atoms. The van der Waals surface area contributed by atoms with E-state index in [9.17, 15) is 0 Å². The molecule has 0 aromatic carbocycles. The highest BCUT2D eigenvalue weighted by molar-refractivity contribution is 4.55. The van der Waals surface area contributed by atoms with Gasteiger partial charge in [-0.15, -0.1) is 0 Å².